The van der Waals surface area contributed by atoms with Gasteiger partial charge < -0.3 is 14.4 Å². The fourth-order valence-corrected chi connectivity index (χ4v) is 6.73. The van der Waals surface area contributed by atoms with E-state index < -0.39 is 22.0 Å². The van der Waals surface area contributed by atoms with E-state index in [1.807, 2.05) is 79.0 Å². The SMILES string of the molecule is CCOc1cc(C(CS(C)(=O)=O)N2C(=O)c3sccc3[C@H]2N=C(c2ccccc2)c2ccccc2)ccc1OC. The van der Waals surface area contributed by atoms with E-state index in [9.17, 15) is 13.2 Å². The summed E-state index contributed by atoms with van der Waals surface area (Å²) in [5.74, 6) is 0.489. The zero-order valence-electron chi connectivity index (χ0n) is 22.5. The lowest BCUT2D eigenvalue weighted by Crippen LogP contribution is -2.36. The Morgan fingerprint density at radius 3 is 2.20 bits per heavy atom. The van der Waals surface area contributed by atoms with Crippen LogP contribution in [0.1, 0.15) is 51.1 Å². The van der Waals surface area contributed by atoms with Crippen molar-refractivity contribution >= 4 is 32.8 Å². The van der Waals surface area contributed by atoms with Crippen LogP contribution < -0.4 is 9.47 Å². The number of methoxy groups -OCH3 is 1. The van der Waals surface area contributed by atoms with Gasteiger partial charge in [-0.3, -0.25) is 9.79 Å². The summed E-state index contributed by atoms with van der Waals surface area (Å²) >= 11 is 1.34. The number of aliphatic imine (C=N–C) groups is 1. The predicted molar refractivity (Wildman–Crippen MR) is 158 cm³/mol. The Hall–Kier alpha value is -3.95. The maximum Gasteiger partial charge on any atom is 0.266 e. The van der Waals surface area contributed by atoms with Crippen LogP contribution in [0.15, 0.2) is 95.3 Å². The zero-order chi connectivity index (χ0) is 28.3. The van der Waals surface area contributed by atoms with E-state index in [0.29, 0.717) is 34.3 Å². The molecule has 206 valence electrons. The summed E-state index contributed by atoms with van der Waals surface area (Å²) in [5, 5.41) is 1.87. The topological polar surface area (TPSA) is 85.3 Å². The van der Waals surface area contributed by atoms with Gasteiger partial charge in [0.05, 0.1) is 36.1 Å². The summed E-state index contributed by atoms with van der Waals surface area (Å²) in [5.41, 5.74) is 3.89. The zero-order valence-corrected chi connectivity index (χ0v) is 24.1. The average molecular weight is 575 g/mol. The minimum atomic E-state index is -3.51. The quantitative estimate of drug-likeness (QED) is 0.219. The highest BCUT2D eigenvalue weighted by atomic mass is 32.2. The van der Waals surface area contributed by atoms with Gasteiger partial charge in [0.1, 0.15) is 9.84 Å². The van der Waals surface area contributed by atoms with Crippen molar-refractivity contribution in [3.8, 4) is 11.5 Å². The smallest absolute Gasteiger partial charge is 0.266 e. The number of thiophene rings is 1. The number of sulfone groups is 1. The fourth-order valence-electron chi connectivity index (χ4n) is 4.94. The molecule has 1 aliphatic rings. The van der Waals surface area contributed by atoms with Crippen molar-refractivity contribution in [2.45, 2.75) is 19.1 Å². The first-order chi connectivity index (χ1) is 19.3. The molecule has 0 aliphatic carbocycles. The van der Waals surface area contributed by atoms with Crippen molar-refractivity contribution < 1.29 is 22.7 Å². The van der Waals surface area contributed by atoms with Crippen molar-refractivity contribution in [3.63, 3.8) is 0 Å². The molecule has 0 spiro atoms. The van der Waals surface area contributed by atoms with Crippen molar-refractivity contribution in [1.82, 2.24) is 4.90 Å². The van der Waals surface area contributed by atoms with E-state index in [-0.39, 0.29) is 11.7 Å². The Balaban J connectivity index is 1.70. The molecule has 0 bridgehead atoms. The summed E-state index contributed by atoms with van der Waals surface area (Å²) in [6, 6.07) is 25.9. The van der Waals surface area contributed by atoms with Gasteiger partial charge in [-0.15, -0.1) is 11.3 Å². The van der Waals surface area contributed by atoms with Crippen LogP contribution in [0.25, 0.3) is 0 Å². The molecular formula is C31H30N2O5S2. The van der Waals surface area contributed by atoms with E-state index >= 15 is 0 Å². The second-order valence-electron chi connectivity index (χ2n) is 9.45. The molecule has 2 heterocycles. The van der Waals surface area contributed by atoms with Crippen LogP contribution in [0.3, 0.4) is 0 Å². The number of nitrogens with zero attached hydrogens (tertiary/aromatic N) is 2. The van der Waals surface area contributed by atoms with Crippen LogP contribution in [-0.2, 0) is 9.84 Å². The van der Waals surface area contributed by atoms with Gasteiger partial charge in [0.2, 0.25) is 0 Å². The molecular weight excluding hydrogens is 544 g/mol. The number of fused-ring (bicyclic) bond motifs is 1. The van der Waals surface area contributed by atoms with Gasteiger partial charge >= 0.3 is 0 Å². The molecule has 1 aromatic heterocycles. The lowest BCUT2D eigenvalue weighted by atomic mass is 10.0. The van der Waals surface area contributed by atoms with Gasteiger partial charge in [-0.05, 0) is 36.1 Å². The van der Waals surface area contributed by atoms with Crippen molar-refractivity contribution in [2.75, 3.05) is 25.7 Å². The molecule has 0 saturated heterocycles. The molecule has 1 unspecified atom stereocenters. The average Bonchev–Trinajstić information content (AvgIpc) is 3.53. The van der Waals surface area contributed by atoms with E-state index in [1.165, 1.54) is 17.6 Å². The number of ether oxygens (including phenoxy) is 2. The van der Waals surface area contributed by atoms with Gasteiger partial charge in [0.15, 0.2) is 17.7 Å². The molecule has 2 atom stereocenters. The molecule has 0 N–H and O–H groups in total. The fraction of sp³-hybridized carbons (Fsp3) is 0.226. The molecule has 1 amide bonds. The van der Waals surface area contributed by atoms with Gasteiger partial charge in [-0.2, -0.15) is 0 Å². The molecule has 0 saturated carbocycles. The Labute approximate surface area is 238 Å². The van der Waals surface area contributed by atoms with Crippen LogP contribution in [-0.4, -0.2) is 50.7 Å². The first-order valence-electron chi connectivity index (χ1n) is 12.9. The van der Waals surface area contributed by atoms with Crippen LogP contribution in [0, 0.1) is 0 Å². The van der Waals surface area contributed by atoms with E-state index in [4.69, 9.17) is 14.5 Å². The van der Waals surface area contributed by atoms with Crippen molar-refractivity contribution in [1.29, 1.82) is 0 Å². The Kier molecular flexibility index (Phi) is 8.04. The van der Waals surface area contributed by atoms with E-state index in [1.54, 1.807) is 30.2 Å². The standard InChI is InChI=1S/C31H30N2O5S2/c1-4-38-27-19-23(15-16-26(27)37-2)25(20-40(3,35)36)33-30(24-17-18-39-29(24)31(33)34)32-28(21-11-7-5-8-12-21)22-13-9-6-10-14-22/h5-19,25,30H,4,20H2,1-3H3/t25?,30-/m0/s1. The molecule has 40 heavy (non-hydrogen) atoms. The first-order valence-corrected chi connectivity index (χ1v) is 15.8. The van der Waals surface area contributed by atoms with Crippen molar-refractivity contribution in [2.24, 2.45) is 4.99 Å². The second kappa shape index (κ2) is 11.7. The van der Waals surface area contributed by atoms with Crippen molar-refractivity contribution in [3.05, 3.63) is 117 Å². The minimum absolute atomic E-state index is 0.248. The third-order valence-corrected chi connectivity index (χ3v) is 8.52. The van der Waals surface area contributed by atoms with Crippen LogP contribution in [0.2, 0.25) is 0 Å². The molecule has 0 fully saturated rings. The lowest BCUT2D eigenvalue weighted by Gasteiger charge is -2.32. The summed E-state index contributed by atoms with van der Waals surface area (Å²) in [6.07, 6.45) is 0.453. The summed E-state index contributed by atoms with van der Waals surface area (Å²) < 4.78 is 36.8. The van der Waals surface area contributed by atoms with Crippen LogP contribution >= 0.6 is 11.3 Å². The van der Waals surface area contributed by atoms with Crippen LogP contribution in [0.4, 0.5) is 0 Å². The molecule has 3 aromatic carbocycles. The molecule has 9 heteroatoms. The predicted octanol–water partition coefficient (Wildman–Crippen LogP) is 5.93. The minimum Gasteiger partial charge on any atom is -0.493 e. The van der Waals surface area contributed by atoms with Gasteiger partial charge in [0, 0.05) is 22.9 Å². The molecule has 7 nitrogen and oxygen atoms in total. The van der Waals surface area contributed by atoms with Gasteiger partial charge in [0.25, 0.3) is 5.91 Å². The highest BCUT2D eigenvalue weighted by molar-refractivity contribution is 7.90. The molecule has 1 aliphatic heterocycles. The first kappa shape index (κ1) is 27.6. The number of carbonyl (C=O) groups excluding carboxylic acids is 1. The van der Waals surface area contributed by atoms with Crippen LogP contribution in [0.5, 0.6) is 11.5 Å². The number of carbonyl (C=O) groups is 1. The summed E-state index contributed by atoms with van der Waals surface area (Å²) in [4.78, 5) is 21.3. The Morgan fingerprint density at radius 1 is 0.975 bits per heavy atom. The molecule has 5 rings (SSSR count). The van der Waals surface area contributed by atoms with Gasteiger partial charge in [-0.1, -0.05) is 66.7 Å². The monoisotopic (exact) mass is 574 g/mol. The number of hydrogen-bond acceptors (Lipinski definition) is 7. The third-order valence-electron chi connectivity index (χ3n) is 6.68. The maximum absolute atomic E-state index is 14.0. The lowest BCUT2D eigenvalue weighted by molar-refractivity contribution is 0.0656. The number of rotatable bonds is 10. The third kappa shape index (κ3) is 5.66. The maximum atomic E-state index is 14.0. The Bertz CT molecular complexity index is 1590. The number of benzene rings is 3. The molecule has 4 aromatic rings. The normalized spacial score (nSPS) is 15.4. The highest BCUT2D eigenvalue weighted by Gasteiger charge is 2.44. The largest absolute Gasteiger partial charge is 0.493 e. The van der Waals surface area contributed by atoms with Gasteiger partial charge in [-0.25, -0.2) is 8.42 Å². The summed E-state index contributed by atoms with van der Waals surface area (Å²) in [6.45, 7) is 2.27. The Morgan fingerprint density at radius 2 is 1.62 bits per heavy atom. The second-order valence-corrected chi connectivity index (χ2v) is 12.6. The molecule has 0 radical (unpaired) electrons. The number of amides is 1. The van der Waals surface area contributed by atoms with E-state index in [0.717, 1.165) is 16.7 Å². The number of hydrogen-bond donors (Lipinski definition) is 0. The summed E-state index contributed by atoms with van der Waals surface area (Å²) in [7, 11) is -1.96. The van der Waals surface area contributed by atoms with E-state index in [2.05, 4.69) is 0 Å². The highest BCUT2D eigenvalue weighted by Crippen LogP contribution is 2.45.